The number of nitrogens with zero attached hydrogens (tertiary/aromatic N) is 3. The molecule has 0 bridgehead atoms. The Hall–Kier alpha value is -2.01. The van der Waals surface area contributed by atoms with Gasteiger partial charge in [0.15, 0.2) is 0 Å². The molecule has 0 fully saturated rings. The van der Waals surface area contributed by atoms with E-state index >= 15 is 0 Å². The minimum atomic E-state index is 0.406. The molecule has 0 saturated carbocycles. The molecule has 3 aromatic rings. The molecule has 0 unspecified atom stereocenters. The Morgan fingerprint density at radius 2 is 1.63 bits per heavy atom. The molecule has 0 aliphatic heterocycles. The molecule has 1 heterocycles. The van der Waals surface area contributed by atoms with Crippen molar-refractivity contribution in [1.29, 1.82) is 0 Å². The second-order valence-electron chi connectivity index (χ2n) is 6.38. The van der Waals surface area contributed by atoms with Gasteiger partial charge in [0.05, 0.1) is 39.0 Å². The van der Waals surface area contributed by atoms with Gasteiger partial charge in [0.2, 0.25) is 0 Å². The topological polar surface area (TPSA) is 42.2 Å². The van der Waals surface area contributed by atoms with Crippen LogP contribution in [0.25, 0.3) is 5.69 Å². The predicted octanol–water partition coefficient (Wildman–Crippen LogP) is 6.51. The maximum absolute atomic E-state index is 6.17. The van der Waals surface area contributed by atoms with Crippen LogP contribution in [0.2, 0.25) is 15.1 Å². The minimum Gasteiger partial charge on any atom is -0.275 e. The Kier molecular flexibility index (Phi) is 5.80. The Morgan fingerprint density at radius 3 is 2.26 bits per heavy atom. The second-order valence-corrected chi connectivity index (χ2v) is 7.63. The highest BCUT2D eigenvalue weighted by molar-refractivity contribution is 6.41. The van der Waals surface area contributed by atoms with Crippen molar-refractivity contribution in [2.75, 3.05) is 5.43 Å². The molecule has 0 amide bonds. The fourth-order valence-corrected chi connectivity index (χ4v) is 3.66. The van der Waals surface area contributed by atoms with Crippen molar-refractivity contribution in [3.05, 3.63) is 73.5 Å². The number of nitrogens with one attached hydrogen (secondary N) is 1. The number of halogens is 3. The molecular weight excluding hydrogens is 403 g/mol. The fraction of sp³-hybridized carbons (Fsp3) is 0.200. The number of hydrogen-bond donors (Lipinski definition) is 1. The average Bonchev–Trinajstić information content (AvgIpc) is 2.87. The molecule has 1 N–H and O–H groups in total. The Morgan fingerprint density at radius 1 is 0.963 bits per heavy atom. The molecule has 3 rings (SSSR count). The van der Waals surface area contributed by atoms with Crippen molar-refractivity contribution in [2.24, 2.45) is 5.10 Å². The Bertz CT molecular complexity index is 1010. The van der Waals surface area contributed by atoms with E-state index in [1.54, 1.807) is 18.3 Å². The second kappa shape index (κ2) is 7.93. The summed E-state index contributed by atoms with van der Waals surface area (Å²) in [6.07, 6.45) is 1.72. The zero-order valence-corrected chi connectivity index (χ0v) is 17.7. The molecule has 0 atom stereocenters. The van der Waals surface area contributed by atoms with Gasteiger partial charge >= 0.3 is 0 Å². The number of benzene rings is 2. The summed E-state index contributed by atoms with van der Waals surface area (Å²) in [6, 6.07) is 9.51. The number of aryl methyl sites for hydroxylation is 3. The molecule has 27 heavy (non-hydrogen) atoms. The van der Waals surface area contributed by atoms with Crippen molar-refractivity contribution in [2.45, 2.75) is 27.7 Å². The van der Waals surface area contributed by atoms with Crippen molar-refractivity contribution in [3.8, 4) is 5.69 Å². The lowest BCUT2D eigenvalue weighted by molar-refractivity contribution is 0.832. The number of aromatic nitrogens is 2. The zero-order chi connectivity index (χ0) is 19.7. The maximum Gasteiger partial charge on any atom is 0.0935 e. The first-order valence-corrected chi connectivity index (χ1v) is 9.48. The summed E-state index contributed by atoms with van der Waals surface area (Å²) in [7, 11) is 0. The Balaban J connectivity index is 1.89. The first kappa shape index (κ1) is 19.7. The third kappa shape index (κ3) is 4.13. The van der Waals surface area contributed by atoms with E-state index in [9.17, 15) is 0 Å². The van der Waals surface area contributed by atoms with Gasteiger partial charge in [-0.1, -0.05) is 40.9 Å². The van der Waals surface area contributed by atoms with Crippen molar-refractivity contribution < 1.29 is 0 Å². The van der Waals surface area contributed by atoms with Crippen molar-refractivity contribution in [1.82, 2.24) is 9.78 Å². The molecule has 0 aliphatic carbocycles. The van der Waals surface area contributed by atoms with Crippen molar-refractivity contribution in [3.63, 3.8) is 0 Å². The first-order chi connectivity index (χ1) is 12.8. The van der Waals surface area contributed by atoms with Crippen LogP contribution in [0.5, 0.6) is 0 Å². The van der Waals surface area contributed by atoms with Gasteiger partial charge in [-0.25, -0.2) is 4.68 Å². The van der Waals surface area contributed by atoms with E-state index in [4.69, 9.17) is 34.8 Å². The highest BCUT2D eigenvalue weighted by Crippen LogP contribution is 2.33. The SMILES string of the molecule is Cc1ccc(-n2nc(C)c(/C=N/Nc3c(Cl)cc(Cl)cc3Cl)c2C)cc1C. The van der Waals surface area contributed by atoms with Crippen LogP contribution in [0.4, 0.5) is 5.69 Å². The molecule has 140 valence electrons. The summed E-state index contributed by atoms with van der Waals surface area (Å²) in [6.45, 7) is 8.15. The van der Waals surface area contributed by atoms with E-state index in [1.807, 2.05) is 18.5 Å². The summed E-state index contributed by atoms with van der Waals surface area (Å²) in [5, 5.41) is 10.2. The van der Waals surface area contributed by atoms with Crippen molar-refractivity contribution >= 4 is 46.7 Å². The van der Waals surface area contributed by atoms with E-state index in [0.29, 0.717) is 20.8 Å². The van der Waals surface area contributed by atoms with Crippen LogP contribution in [0.1, 0.15) is 28.1 Å². The smallest absolute Gasteiger partial charge is 0.0935 e. The third-order valence-corrected chi connectivity index (χ3v) is 5.27. The van der Waals surface area contributed by atoms with Crippen LogP contribution in [-0.4, -0.2) is 16.0 Å². The molecule has 7 heteroatoms. The summed E-state index contributed by atoms with van der Waals surface area (Å²) in [5.74, 6) is 0. The molecular formula is C20H19Cl3N4. The van der Waals surface area contributed by atoms with Crippen LogP contribution in [0.15, 0.2) is 35.4 Å². The highest BCUT2D eigenvalue weighted by Gasteiger charge is 2.12. The molecule has 4 nitrogen and oxygen atoms in total. The Labute approximate surface area is 173 Å². The van der Waals surface area contributed by atoms with Gasteiger partial charge in [-0.2, -0.15) is 10.2 Å². The number of rotatable bonds is 4. The molecule has 0 aliphatic rings. The number of anilines is 1. The first-order valence-electron chi connectivity index (χ1n) is 8.35. The van der Waals surface area contributed by atoms with Gasteiger partial charge in [0.25, 0.3) is 0 Å². The fourth-order valence-electron chi connectivity index (χ4n) is 2.76. The quantitative estimate of drug-likeness (QED) is 0.385. The van der Waals surface area contributed by atoms with Gasteiger partial charge in [0, 0.05) is 10.6 Å². The van der Waals surface area contributed by atoms with Crippen LogP contribution in [-0.2, 0) is 0 Å². The van der Waals surface area contributed by atoms with Gasteiger partial charge in [0.1, 0.15) is 0 Å². The lowest BCUT2D eigenvalue weighted by atomic mass is 10.1. The molecule has 0 radical (unpaired) electrons. The van der Waals surface area contributed by atoms with Crippen LogP contribution < -0.4 is 5.43 Å². The average molecular weight is 422 g/mol. The normalized spacial score (nSPS) is 11.4. The van der Waals surface area contributed by atoms with Gasteiger partial charge < -0.3 is 0 Å². The molecule has 0 saturated heterocycles. The summed E-state index contributed by atoms with van der Waals surface area (Å²) in [5.41, 5.74) is 9.71. The summed E-state index contributed by atoms with van der Waals surface area (Å²) >= 11 is 18.3. The molecule has 0 spiro atoms. The summed E-state index contributed by atoms with van der Waals surface area (Å²) in [4.78, 5) is 0. The van der Waals surface area contributed by atoms with Crippen LogP contribution in [0, 0.1) is 27.7 Å². The van der Waals surface area contributed by atoms with Crippen LogP contribution in [0.3, 0.4) is 0 Å². The lowest BCUT2D eigenvalue weighted by Gasteiger charge is -2.08. The van der Waals surface area contributed by atoms with E-state index < -0.39 is 0 Å². The van der Waals surface area contributed by atoms with E-state index in [0.717, 1.165) is 22.6 Å². The largest absolute Gasteiger partial charge is 0.275 e. The maximum atomic E-state index is 6.17. The number of hydrogen-bond acceptors (Lipinski definition) is 3. The monoisotopic (exact) mass is 420 g/mol. The highest BCUT2D eigenvalue weighted by atomic mass is 35.5. The van der Waals surface area contributed by atoms with E-state index in [1.165, 1.54) is 11.1 Å². The molecule has 1 aromatic heterocycles. The van der Waals surface area contributed by atoms with Gasteiger partial charge in [-0.15, -0.1) is 0 Å². The van der Waals surface area contributed by atoms with E-state index in [2.05, 4.69) is 47.7 Å². The third-order valence-electron chi connectivity index (χ3n) is 4.46. The van der Waals surface area contributed by atoms with Crippen LogP contribution >= 0.6 is 34.8 Å². The zero-order valence-electron chi connectivity index (χ0n) is 15.4. The van der Waals surface area contributed by atoms with Gasteiger partial charge in [-0.05, 0) is 63.1 Å². The summed E-state index contributed by atoms with van der Waals surface area (Å²) < 4.78 is 1.92. The molecule has 2 aromatic carbocycles. The predicted molar refractivity (Wildman–Crippen MR) is 115 cm³/mol. The number of hydrazone groups is 1. The van der Waals surface area contributed by atoms with E-state index in [-0.39, 0.29) is 0 Å². The lowest BCUT2D eigenvalue weighted by Crippen LogP contribution is -2.00. The standard InChI is InChI=1S/C20H19Cl3N4/c1-11-5-6-16(7-12(11)2)27-14(4)17(13(3)26-27)10-24-25-20-18(22)8-15(21)9-19(20)23/h5-10,25H,1-4H3/b24-10+. The minimum absolute atomic E-state index is 0.406. The van der Waals surface area contributed by atoms with Gasteiger partial charge in [-0.3, -0.25) is 5.43 Å².